The molecule has 1 amide bonds. The number of hydrogen-bond acceptors (Lipinski definition) is 2. The Bertz CT molecular complexity index is 677. The minimum absolute atomic E-state index is 0.0815. The first kappa shape index (κ1) is 15.8. The third kappa shape index (κ3) is 3.73. The lowest BCUT2D eigenvalue weighted by Crippen LogP contribution is -2.31. The Hall–Kier alpha value is -2.62. The van der Waals surface area contributed by atoms with Crippen LogP contribution in [-0.2, 0) is 9.59 Å². The lowest BCUT2D eigenvalue weighted by Gasteiger charge is -2.23. The second-order valence-electron chi connectivity index (χ2n) is 5.20. The van der Waals surface area contributed by atoms with Crippen LogP contribution in [0.5, 0.6) is 0 Å². The van der Waals surface area contributed by atoms with E-state index in [1.165, 1.54) is 11.8 Å². The van der Waals surface area contributed by atoms with Crippen molar-refractivity contribution >= 4 is 17.6 Å². The van der Waals surface area contributed by atoms with E-state index >= 15 is 0 Å². The van der Waals surface area contributed by atoms with Crippen molar-refractivity contribution < 1.29 is 14.7 Å². The molecule has 0 aromatic heterocycles. The summed E-state index contributed by atoms with van der Waals surface area (Å²) >= 11 is 0. The van der Waals surface area contributed by atoms with Crippen LogP contribution < -0.4 is 4.90 Å². The summed E-state index contributed by atoms with van der Waals surface area (Å²) in [4.78, 5) is 24.3. The molecular weight excluding hydrogens is 278 g/mol. The van der Waals surface area contributed by atoms with Gasteiger partial charge in [0, 0.05) is 19.0 Å². The van der Waals surface area contributed by atoms with Crippen molar-refractivity contribution in [1.82, 2.24) is 0 Å². The van der Waals surface area contributed by atoms with Crippen LogP contribution in [0.3, 0.4) is 0 Å². The third-order valence-corrected chi connectivity index (χ3v) is 3.49. The molecular formula is C18H19NO3. The van der Waals surface area contributed by atoms with Crippen LogP contribution in [0.1, 0.15) is 18.9 Å². The van der Waals surface area contributed by atoms with Crippen molar-refractivity contribution in [3.63, 3.8) is 0 Å². The molecule has 0 saturated heterocycles. The van der Waals surface area contributed by atoms with Gasteiger partial charge in [-0.3, -0.25) is 9.59 Å². The van der Waals surface area contributed by atoms with Gasteiger partial charge in [-0.1, -0.05) is 48.0 Å². The molecule has 0 aliphatic rings. The monoisotopic (exact) mass is 297 g/mol. The summed E-state index contributed by atoms with van der Waals surface area (Å²) in [7, 11) is 0. The van der Waals surface area contributed by atoms with Crippen LogP contribution in [0.2, 0.25) is 0 Å². The van der Waals surface area contributed by atoms with Gasteiger partial charge in [-0.25, -0.2) is 0 Å². The molecule has 1 N–H and O–H groups in total. The van der Waals surface area contributed by atoms with Crippen molar-refractivity contribution in [2.75, 3.05) is 11.4 Å². The topological polar surface area (TPSA) is 57.6 Å². The largest absolute Gasteiger partial charge is 0.481 e. The zero-order valence-electron chi connectivity index (χ0n) is 12.7. The fraction of sp³-hybridized carbons (Fsp3) is 0.222. The van der Waals surface area contributed by atoms with Gasteiger partial charge in [0.1, 0.15) is 0 Å². The van der Waals surface area contributed by atoms with E-state index in [0.29, 0.717) is 0 Å². The number of carboxylic acid groups (broad SMARTS) is 1. The number of rotatable bonds is 5. The SMILES string of the molecule is CC(=O)N(CCC(=O)O)c1ccccc1-c1ccc(C)cc1. The predicted molar refractivity (Wildman–Crippen MR) is 86.9 cm³/mol. The molecule has 0 atom stereocenters. The van der Waals surface area contributed by atoms with Crippen molar-refractivity contribution in [2.45, 2.75) is 20.3 Å². The Morgan fingerprint density at radius 3 is 2.27 bits per heavy atom. The molecule has 2 rings (SSSR count). The van der Waals surface area contributed by atoms with Gasteiger partial charge in [-0.05, 0) is 18.6 Å². The molecule has 0 saturated carbocycles. The quantitative estimate of drug-likeness (QED) is 0.919. The number of benzene rings is 2. The molecule has 22 heavy (non-hydrogen) atoms. The molecule has 0 radical (unpaired) electrons. The average molecular weight is 297 g/mol. The van der Waals surface area contributed by atoms with Gasteiger partial charge in [0.25, 0.3) is 0 Å². The van der Waals surface area contributed by atoms with Crippen LogP contribution in [-0.4, -0.2) is 23.5 Å². The van der Waals surface area contributed by atoms with Crippen LogP contribution in [0.15, 0.2) is 48.5 Å². The number of para-hydroxylation sites is 1. The fourth-order valence-electron chi connectivity index (χ4n) is 2.34. The number of anilines is 1. The highest BCUT2D eigenvalue weighted by atomic mass is 16.4. The van der Waals surface area contributed by atoms with Gasteiger partial charge in [0.2, 0.25) is 5.91 Å². The smallest absolute Gasteiger partial charge is 0.305 e. The van der Waals surface area contributed by atoms with Gasteiger partial charge in [-0.15, -0.1) is 0 Å². The highest BCUT2D eigenvalue weighted by Crippen LogP contribution is 2.31. The van der Waals surface area contributed by atoms with Gasteiger partial charge in [0.15, 0.2) is 0 Å². The van der Waals surface area contributed by atoms with Crippen molar-refractivity contribution in [1.29, 1.82) is 0 Å². The second kappa shape index (κ2) is 6.89. The van der Waals surface area contributed by atoms with E-state index in [-0.39, 0.29) is 18.9 Å². The molecule has 0 fully saturated rings. The Kier molecular flexibility index (Phi) is 4.94. The Morgan fingerprint density at radius 1 is 1.05 bits per heavy atom. The summed E-state index contributed by atoms with van der Waals surface area (Å²) in [6, 6.07) is 15.6. The lowest BCUT2D eigenvalue weighted by atomic mass is 10.0. The summed E-state index contributed by atoms with van der Waals surface area (Å²) in [5.74, 6) is -1.08. The van der Waals surface area contributed by atoms with Gasteiger partial charge in [-0.2, -0.15) is 0 Å². The van der Waals surface area contributed by atoms with Crippen LogP contribution in [0.4, 0.5) is 5.69 Å². The van der Waals surface area contributed by atoms with E-state index in [2.05, 4.69) is 0 Å². The molecule has 2 aromatic rings. The number of aryl methyl sites for hydroxylation is 1. The van der Waals surface area contributed by atoms with Crippen molar-refractivity contribution in [2.24, 2.45) is 0 Å². The van der Waals surface area contributed by atoms with Gasteiger partial charge < -0.3 is 10.0 Å². The van der Waals surface area contributed by atoms with E-state index in [1.54, 1.807) is 0 Å². The highest BCUT2D eigenvalue weighted by Gasteiger charge is 2.17. The standard InChI is InChI=1S/C18H19NO3/c1-13-7-9-15(10-8-13)16-5-3-4-6-17(16)19(14(2)20)12-11-18(21)22/h3-10H,11-12H2,1-2H3,(H,21,22). The second-order valence-corrected chi connectivity index (χ2v) is 5.20. The van der Waals surface area contributed by atoms with E-state index in [4.69, 9.17) is 5.11 Å². The first-order valence-corrected chi connectivity index (χ1v) is 7.15. The van der Waals surface area contributed by atoms with Crippen LogP contribution in [0.25, 0.3) is 11.1 Å². The molecule has 4 nitrogen and oxygen atoms in total. The number of aliphatic carboxylic acids is 1. The number of amides is 1. The van der Waals surface area contributed by atoms with Crippen molar-refractivity contribution in [3.05, 3.63) is 54.1 Å². The van der Waals surface area contributed by atoms with Crippen LogP contribution in [0, 0.1) is 6.92 Å². The van der Waals surface area contributed by atoms with Crippen LogP contribution >= 0.6 is 0 Å². The summed E-state index contributed by atoms with van der Waals surface area (Å²) in [5.41, 5.74) is 3.82. The number of carboxylic acids is 1. The maximum absolute atomic E-state index is 11.9. The summed E-state index contributed by atoms with van der Waals surface area (Å²) < 4.78 is 0. The van der Waals surface area contributed by atoms with E-state index in [0.717, 1.165) is 22.4 Å². The fourth-order valence-corrected chi connectivity index (χ4v) is 2.34. The highest BCUT2D eigenvalue weighted by molar-refractivity contribution is 5.96. The number of hydrogen-bond donors (Lipinski definition) is 1. The third-order valence-electron chi connectivity index (χ3n) is 3.49. The zero-order chi connectivity index (χ0) is 16.1. The lowest BCUT2D eigenvalue weighted by molar-refractivity contribution is -0.136. The predicted octanol–water partition coefficient (Wildman–Crippen LogP) is 3.49. The number of carbonyl (C=O) groups is 2. The summed E-state index contributed by atoms with van der Waals surface area (Å²) in [6.07, 6.45) is -0.0815. The first-order chi connectivity index (χ1) is 10.5. The average Bonchev–Trinajstić information content (AvgIpc) is 2.48. The normalized spacial score (nSPS) is 10.3. The molecule has 0 aliphatic carbocycles. The van der Waals surface area contributed by atoms with Crippen molar-refractivity contribution in [3.8, 4) is 11.1 Å². The minimum atomic E-state index is -0.918. The van der Waals surface area contributed by atoms with E-state index in [9.17, 15) is 9.59 Å². The Balaban J connectivity index is 2.42. The maximum Gasteiger partial charge on any atom is 0.305 e. The van der Waals surface area contributed by atoms with Gasteiger partial charge >= 0.3 is 5.97 Å². The molecule has 0 unspecified atom stereocenters. The molecule has 0 spiro atoms. The Labute approximate surface area is 130 Å². The Morgan fingerprint density at radius 2 is 1.68 bits per heavy atom. The molecule has 114 valence electrons. The molecule has 0 heterocycles. The van der Waals surface area contributed by atoms with E-state index < -0.39 is 5.97 Å². The summed E-state index contributed by atoms with van der Waals surface area (Å²) in [5, 5.41) is 8.87. The first-order valence-electron chi connectivity index (χ1n) is 7.15. The molecule has 0 bridgehead atoms. The minimum Gasteiger partial charge on any atom is -0.481 e. The molecule has 4 heteroatoms. The van der Waals surface area contributed by atoms with E-state index in [1.807, 2.05) is 55.5 Å². The molecule has 2 aromatic carbocycles. The molecule has 0 aliphatic heterocycles. The number of carbonyl (C=O) groups excluding carboxylic acids is 1. The maximum atomic E-state index is 11.9. The van der Waals surface area contributed by atoms with Gasteiger partial charge in [0.05, 0.1) is 12.1 Å². The summed E-state index contributed by atoms with van der Waals surface area (Å²) in [6.45, 7) is 3.63. The number of nitrogens with zero attached hydrogens (tertiary/aromatic N) is 1. The zero-order valence-corrected chi connectivity index (χ0v) is 12.7.